The summed E-state index contributed by atoms with van der Waals surface area (Å²) in [4.78, 5) is 25.7. The topological polar surface area (TPSA) is 66.8 Å². The molecule has 178 valence electrons. The van der Waals surface area contributed by atoms with E-state index in [0.717, 1.165) is 29.5 Å². The standard InChI is InChI=1S/C28H30FNO4/c1-4-5-9-26(31)30(24-8-6-7-23(29)18-24)19-20-10-12-21(13-11-20)22-14-16-25(17-15-22)34-28(2,3)27(32)33/h6-8,10-18H,4-5,9,19H2,1-3H3,(H,32,33). The molecule has 0 saturated heterocycles. The molecule has 3 aromatic rings. The first-order chi connectivity index (χ1) is 16.2. The summed E-state index contributed by atoms with van der Waals surface area (Å²) >= 11 is 0. The summed E-state index contributed by atoms with van der Waals surface area (Å²) < 4.78 is 19.4. The second-order valence-corrected chi connectivity index (χ2v) is 8.70. The summed E-state index contributed by atoms with van der Waals surface area (Å²) in [6.45, 7) is 5.39. The Morgan fingerprint density at radius 1 is 0.971 bits per heavy atom. The molecule has 0 aliphatic rings. The minimum absolute atomic E-state index is 0.0311. The number of benzene rings is 3. The molecule has 3 aromatic carbocycles. The summed E-state index contributed by atoms with van der Waals surface area (Å²) in [5.41, 5.74) is 2.09. The average molecular weight is 464 g/mol. The predicted molar refractivity (Wildman–Crippen MR) is 131 cm³/mol. The second kappa shape index (κ2) is 11.0. The van der Waals surface area contributed by atoms with Gasteiger partial charge in [0.1, 0.15) is 11.6 Å². The van der Waals surface area contributed by atoms with Crippen LogP contribution in [0.2, 0.25) is 0 Å². The zero-order valence-corrected chi connectivity index (χ0v) is 19.8. The molecule has 5 nitrogen and oxygen atoms in total. The number of rotatable bonds is 10. The molecule has 1 N–H and O–H groups in total. The second-order valence-electron chi connectivity index (χ2n) is 8.70. The first-order valence-corrected chi connectivity index (χ1v) is 11.4. The van der Waals surface area contributed by atoms with Gasteiger partial charge in [0.25, 0.3) is 0 Å². The lowest BCUT2D eigenvalue weighted by atomic mass is 10.0. The summed E-state index contributed by atoms with van der Waals surface area (Å²) in [6, 6.07) is 21.2. The van der Waals surface area contributed by atoms with Gasteiger partial charge in [0.2, 0.25) is 5.91 Å². The van der Waals surface area contributed by atoms with Gasteiger partial charge in [0, 0.05) is 12.1 Å². The van der Waals surface area contributed by atoms with Crippen LogP contribution in [0.4, 0.5) is 10.1 Å². The number of aliphatic carboxylic acids is 1. The molecule has 0 aromatic heterocycles. The van der Waals surface area contributed by atoms with E-state index in [4.69, 9.17) is 4.74 Å². The summed E-state index contributed by atoms with van der Waals surface area (Å²) in [5, 5.41) is 9.22. The number of carboxylic acids is 1. The highest BCUT2D eigenvalue weighted by Gasteiger charge is 2.29. The van der Waals surface area contributed by atoms with Gasteiger partial charge in [-0.15, -0.1) is 0 Å². The van der Waals surface area contributed by atoms with Gasteiger partial charge in [-0.1, -0.05) is 55.8 Å². The van der Waals surface area contributed by atoms with Crippen molar-refractivity contribution in [3.05, 3.63) is 84.2 Å². The van der Waals surface area contributed by atoms with E-state index in [1.165, 1.54) is 26.0 Å². The van der Waals surface area contributed by atoms with Gasteiger partial charge in [-0.3, -0.25) is 4.79 Å². The Balaban J connectivity index is 1.75. The van der Waals surface area contributed by atoms with Gasteiger partial charge in [-0.2, -0.15) is 0 Å². The molecule has 0 aliphatic carbocycles. The van der Waals surface area contributed by atoms with Crippen molar-refractivity contribution in [3.8, 4) is 16.9 Å². The molecule has 0 radical (unpaired) electrons. The molecule has 0 unspecified atom stereocenters. The number of hydrogen-bond donors (Lipinski definition) is 1. The summed E-state index contributed by atoms with van der Waals surface area (Å²) in [5.74, 6) is -0.964. The largest absolute Gasteiger partial charge is 0.478 e. The number of carbonyl (C=O) groups is 2. The molecular formula is C28H30FNO4. The van der Waals surface area contributed by atoms with E-state index in [9.17, 15) is 19.1 Å². The Morgan fingerprint density at radius 3 is 2.15 bits per heavy atom. The van der Waals surface area contributed by atoms with Crippen LogP contribution in [-0.4, -0.2) is 22.6 Å². The van der Waals surface area contributed by atoms with Crippen molar-refractivity contribution in [2.75, 3.05) is 4.90 Å². The van der Waals surface area contributed by atoms with E-state index in [1.54, 1.807) is 29.2 Å². The monoisotopic (exact) mass is 463 g/mol. The minimum Gasteiger partial charge on any atom is -0.478 e. The molecule has 0 atom stereocenters. The number of carboxylic acid groups (broad SMARTS) is 1. The van der Waals surface area contributed by atoms with E-state index in [2.05, 4.69) is 0 Å². The zero-order chi connectivity index (χ0) is 24.7. The lowest BCUT2D eigenvalue weighted by molar-refractivity contribution is -0.152. The lowest BCUT2D eigenvalue weighted by Crippen LogP contribution is -2.37. The van der Waals surface area contributed by atoms with Crippen LogP contribution in [-0.2, 0) is 16.1 Å². The van der Waals surface area contributed by atoms with E-state index in [1.807, 2.05) is 43.3 Å². The van der Waals surface area contributed by atoms with Gasteiger partial charge >= 0.3 is 5.97 Å². The van der Waals surface area contributed by atoms with Crippen LogP contribution in [0.1, 0.15) is 45.6 Å². The maximum atomic E-state index is 13.8. The Hall–Kier alpha value is -3.67. The van der Waals surface area contributed by atoms with Crippen molar-refractivity contribution >= 4 is 17.6 Å². The van der Waals surface area contributed by atoms with E-state index >= 15 is 0 Å². The average Bonchev–Trinajstić information content (AvgIpc) is 2.81. The van der Waals surface area contributed by atoms with E-state index < -0.39 is 11.6 Å². The third kappa shape index (κ3) is 6.44. The normalized spacial score (nSPS) is 11.2. The highest BCUT2D eigenvalue weighted by molar-refractivity contribution is 5.93. The van der Waals surface area contributed by atoms with Crippen molar-refractivity contribution in [1.82, 2.24) is 0 Å². The molecule has 0 bridgehead atoms. The van der Waals surface area contributed by atoms with Crippen LogP contribution in [0, 0.1) is 5.82 Å². The summed E-state index contributed by atoms with van der Waals surface area (Å²) in [7, 11) is 0. The number of hydrogen-bond acceptors (Lipinski definition) is 3. The van der Waals surface area contributed by atoms with Gasteiger partial charge in [0.15, 0.2) is 5.60 Å². The number of unbranched alkanes of at least 4 members (excludes halogenated alkanes) is 1. The fourth-order valence-electron chi connectivity index (χ4n) is 3.47. The van der Waals surface area contributed by atoms with Crippen molar-refractivity contribution in [2.24, 2.45) is 0 Å². The number of ether oxygens (including phenoxy) is 1. The first kappa shape index (κ1) is 25.0. The molecule has 0 heterocycles. The van der Waals surface area contributed by atoms with E-state index in [-0.39, 0.29) is 11.7 Å². The van der Waals surface area contributed by atoms with Gasteiger partial charge < -0.3 is 14.7 Å². The maximum Gasteiger partial charge on any atom is 0.347 e. The van der Waals surface area contributed by atoms with Gasteiger partial charge in [-0.05, 0) is 67.3 Å². The van der Waals surface area contributed by atoms with E-state index in [0.29, 0.717) is 24.4 Å². The smallest absolute Gasteiger partial charge is 0.347 e. The third-order valence-corrected chi connectivity index (χ3v) is 5.54. The lowest BCUT2D eigenvalue weighted by Gasteiger charge is -2.23. The third-order valence-electron chi connectivity index (χ3n) is 5.54. The molecule has 0 spiro atoms. The maximum absolute atomic E-state index is 13.8. The Labute approximate surface area is 199 Å². The fraction of sp³-hybridized carbons (Fsp3) is 0.286. The summed E-state index contributed by atoms with van der Waals surface area (Å²) in [6.07, 6.45) is 2.11. The highest BCUT2D eigenvalue weighted by Crippen LogP contribution is 2.26. The molecular weight excluding hydrogens is 433 g/mol. The molecule has 3 rings (SSSR count). The fourth-order valence-corrected chi connectivity index (χ4v) is 3.47. The zero-order valence-electron chi connectivity index (χ0n) is 19.8. The Bertz CT molecular complexity index is 1120. The van der Waals surface area contributed by atoms with Gasteiger partial charge in [-0.25, -0.2) is 9.18 Å². The highest BCUT2D eigenvalue weighted by atomic mass is 19.1. The number of halogens is 1. The SMILES string of the molecule is CCCCC(=O)N(Cc1ccc(-c2ccc(OC(C)(C)C(=O)O)cc2)cc1)c1cccc(F)c1. The Morgan fingerprint density at radius 2 is 1.59 bits per heavy atom. The van der Waals surface area contributed by atoms with Crippen molar-refractivity contribution in [2.45, 2.75) is 52.2 Å². The molecule has 0 fully saturated rings. The minimum atomic E-state index is -1.31. The quantitative estimate of drug-likeness (QED) is 0.375. The molecule has 0 aliphatic heterocycles. The van der Waals surface area contributed by atoms with Crippen LogP contribution in [0.3, 0.4) is 0 Å². The van der Waals surface area contributed by atoms with Crippen LogP contribution in [0.15, 0.2) is 72.8 Å². The molecule has 34 heavy (non-hydrogen) atoms. The first-order valence-electron chi connectivity index (χ1n) is 11.4. The molecule has 1 amide bonds. The predicted octanol–water partition coefficient (Wildman–Crippen LogP) is 6.46. The number of carbonyl (C=O) groups excluding carboxylic acids is 1. The number of amides is 1. The van der Waals surface area contributed by atoms with Crippen LogP contribution < -0.4 is 9.64 Å². The number of anilines is 1. The Kier molecular flexibility index (Phi) is 8.05. The molecule has 6 heteroatoms. The van der Waals surface area contributed by atoms with Crippen LogP contribution in [0.25, 0.3) is 11.1 Å². The van der Waals surface area contributed by atoms with Crippen LogP contribution >= 0.6 is 0 Å². The van der Waals surface area contributed by atoms with Crippen molar-refractivity contribution in [3.63, 3.8) is 0 Å². The van der Waals surface area contributed by atoms with Gasteiger partial charge in [0.05, 0.1) is 6.54 Å². The van der Waals surface area contributed by atoms with Crippen molar-refractivity contribution < 1.29 is 23.8 Å². The number of nitrogens with zero attached hydrogens (tertiary/aromatic N) is 1. The van der Waals surface area contributed by atoms with Crippen molar-refractivity contribution in [1.29, 1.82) is 0 Å². The molecule has 0 saturated carbocycles. The van der Waals surface area contributed by atoms with Crippen LogP contribution in [0.5, 0.6) is 5.75 Å².